The Bertz CT molecular complexity index is 58.4. The van der Waals surface area contributed by atoms with Crippen LogP contribution in [0.1, 0.15) is 0 Å². The van der Waals surface area contributed by atoms with Crippen LogP contribution in [0.15, 0.2) is 0 Å². The molecule has 0 radical (unpaired) electrons. The molecule has 1 unspecified atom stereocenters. The average Bonchev–Trinajstić information content (AvgIpc) is 1.31. The molecule has 0 aliphatic heterocycles. The standard InChI is InChI=1S/CH6BF3N2/c1-7(6)2(3,4)5/h7H,6H2,1H3. The molecule has 0 saturated heterocycles. The van der Waals surface area contributed by atoms with Crippen molar-refractivity contribution in [2.24, 2.45) is 5.84 Å². The lowest BCUT2D eigenvalue weighted by Gasteiger charge is -2.15. The molecule has 0 bridgehead atoms. The molecule has 0 aromatic carbocycles. The van der Waals surface area contributed by atoms with E-state index in [1.54, 1.807) is 0 Å². The summed E-state index contributed by atoms with van der Waals surface area (Å²) < 4.78 is 33.2. The smallest absolute Gasteiger partial charge is 0.386 e. The van der Waals surface area contributed by atoms with Crippen LogP contribution in [0.25, 0.3) is 0 Å². The van der Waals surface area contributed by atoms with Crippen LogP contribution in [0.2, 0.25) is 0 Å². The summed E-state index contributed by atoms with van der Waals surface area (Å²) in [5.41, 5.74) is 0. The van der Waals surface area contributed by atoms with Crippen molar-refractivity contribution in [2.75, 3.05) is 7.05 Å². The highest BCUT2D eigenvalue weighted by molar-refractivity contribution is 6.48. The van der Waals surface area contributed by atoms with Crippen molar-refractivity contribution in [1.29, 1.82) is 0 Å². The van der Waals surface area contributed by atoms with E-state index >= 15 is 0 Å². The van der Waals surface area contributed by atoms with Gasteiger partial charge in [-0.1, -0.05) is 0 Å². The lowest BCUT2D eigenvalue weighted by molar-refractivity contribution is -0.806. The largest absolute Gasteiger partial charge is 0.749 e. The van der Waals surface area contributed by atoms with Gasteiger partial charge in [0.05, 0.1) is 0 Å². The average molecular weight is 114 g/mol. The fourth-order valence-corrected chi connectivity index (χ4v) is 0. The second-order valence-corrected chi connectivity index (χ2v) is 1.32. The Balaban J connectivity index is 3.54. The van der Waals surface area contributed by atoms with E-state index in [0.29, 0.717) is 0 Å². The lowest BCUT2D eigenvalue weighted by Crippen LogP contribution is -3.23. The van der Waals surface area contributed by atoms with Gasteiger partial charge in [0.2, 0.25) is 0 Å². The Hall–Kier alpha value is -0.225. The zero-order valence-corrected chi connectivity index (χ0v) is 3.79. The molecule has 3 N–H and O–H groups in total. The first-order valence-electron chi connectivity index (χ1n) is 1.73. The van der Waals surface area contributed by atoms with Crippen molar-refractivity contribution >= 4 is 7.11 Å². The maximum atomic E-state index is 11.1. The molecule has 0 spiro atoms. The molecule has 0 heterocycles. The Kier molecular flexibility index (Phi) is 1.66. The number of hydrogen-bond donors (Lipinski definition) is 2. The first-order valence-corrected chi connectivity index (χ1v) is 1.73. The summed E-state index contributed by atoms with van der Waals surface area (Å²) in [6, 6.07) is 0. The summed E-state index contributed by atoms with van der Waals surface area (Å²) >= 11 is 0. The molecule has 1 atom stereocenters. The molecule has 0 saturated carbocycles. The predicted octanol–water partition coefficient (Wildman–Crippen LogP) is -1.28. The van der Waals surface area contributed by atoms with E-state index in [4.69, 9.17) is 0 Å². The van der Waals surface area contributed by atoms with Gasteiger partial charge in [-0.25, -0.2) is 5.84 Å². The van der Waals surface area contributed by atoms with Crippen LogP contribution in [0.4, 0.5) is 12.9 Å². The molecular formula is CH6BF3N2. The van der Waals surface area contributed by atoms with E-state index in [1.807, 2.05) is 0 Å². The first kappa shape index (κ1) is 6.77. The van der Waals surface area contributed by atoms with Gasteiger partial charge in [0.15, 0.2) is 0 Å². The lowest BCUT2D eigenvalue weighted by atomic mass is 10.1. The molecule has 0 fully saturated rings. The summed E-state index contributed by atoms with van der Waals surface area (Å²) in [5.74, 6) is 4.39. The quantitative estimate of drug-likeness (QED) is 0.248. The second kappa shape index (κ2) is 1.71. The number of quaternary nitrogens is 1. The van der Waals surface area contributed by atoms with E-state index in [1.165, 1.54) is 0 Å². The third kappa shape index (κ3) is 2.47. The summed E-state index contributed by atoms with van der Waals surface area (Å²) in [4.78, 5) is -0.944. The summed E-state index contributed by atoms with van der Waals surface area (Å²) in [7, 11) is -4.01. The Morgan fingerprint density at radius 1 is 1.43 bits per heavy atom. The molecular weight excluding hydrogens is 108 g/mol. The fourth-order valence-electron chi connectivity index (χ4n) is 0. The van der Waals surface area contributed by atoms with Crippen molar-refractivity contribution in [3.63, 3.8) is 0 Å². The van der Waals surface area contributed by atoms with Crippen molar-refractivity contribution in [2.45, 2.75) is 0 Å². The van der Waals surface area contributed by atoms with Crippen molar-refractivity contribution in [3.8, 4) is 0 Å². The van der Waals surface area contributed by atoms with Gasteiger partial charge in [0, 0.05) is 7.05 Å². The minimum Gasteiger partial charge on any atom is -0.386 e. The van der Waals surface area contributed by atoms with Crippen LogP contribution >= 0.6 is 0 Å². The molecule has 0 rings (SSSR count). The molecule has 2 nitrogen and oxygen atoms in total. The van der Waals surface area contributed by atoms with Crippen molar-refractivity contribution < 1.29 is 17.9 Å². The topological polar surface area (TPSA) is 30.5 Å². The number of hydrogen-bond acceptors (Lipinski definition) is 1. The summed E-state index contributed by atoms with van der Waals surface area (Å²) in [6.07, 6.45) is 0. The van der Waals surface area contributed by atoms with Gasteiger partial charge in [-0.2, -0.15) is 0 Å². The third-order valence-corrected chi connectivity index (χ3v) is 0.516. The monoisotopic (exact) mass is 114 g/mol. The van der Waals surface area contributed by atoms with Crippen LogP contribution in [0.3, 0.4) is 0 Å². The van der Waals surface area contributed by atoms with E-state index in [-0.39, 0.29) is 0 Å². The highest BCUT2D eigenvalue weighted by Gasteiger charge is 2.37. The van der Waals surface area contributed by atoms with Gasteiger partial charge in [-0.15, -0.1) is 0 Å². The van der Waals surface area contributed by atoms with Crippen LogP contribution in [0, 0.1) is 0 Å². The van der Waals surface area contributed by atoms with E-state index < -0.39 is 12.0 Å². The predicted molar refractivity (Wildman–Crippen MR) is 20.2 cm³/mol. The number of rotatable bonds is 1. The molecule has 0 aliphatic carbocycles. The fraction of sp³-hybridized carbons (Fsp3) is 1.00. The summed E-state index contributed by atoms with van der Waals surface area (Å²) in [6.45, 7) is 0. The normalized spacial score (nSPS) is 16.7. The maximum Gasteiger partial charge on any atom is 0.749 e. The Morgan fingerprint density at radius 2 is 1.57 bits per heavy atom. The summed E-state index contributed by atoms with van der Waals surface area (Å²) in [5, 5.41) is 0. The maximum absolute atomic E-state index is 11.1. The number of nitrogens with one attached hydrogen (secondary N) is 1. The highest BCUT2D eigenvalue weighted by Crippen LogP contribution is 1.93. The van der Waals surface area contributed by atoms with E-state index in [9.17, 15) is 12.9 Å². The molecule has 0 aliphatic rings. The van der Waals surface area contributed by atoms with E-state index in [2.05, 4.69) is 5.84 Å². The van der Waals surface area contributed by atoms with Gasteiger partial charge >= 0.3 is 7.11 Å². The minimum absolute atomic E-state index is 0.847. The van der Waals surface area contributed by atoms with Gasteiger partial charge in [-0.3, -0.25) is 0 Å². The van der Waals surface area contributed by atoms with Gasteiger partial charge in [0.25, 0.3) is 0 Å². The molecule has 0 aromatic heterocycles. The SMILES string of the molecule is C[NH+](N)[B-](F)(F)F. The van der Waals surface area contributed by atoms with Crippen LogP contribution in [-0.4, -0.2) is 14.2 Å². The number of halogens is 3. The third-order valence-electron chi connectivity index (χ3n) is 0.516. The van der Waals surface area contributed by atoms with Crippen molar-refractivity contribution in [1.82, 2.24) is 0 Å². The highest BCUT2D eigenvalue weighted by atomic mass is 19.4. The van der Waals surface area contributed by atoms with Crippen LogP contribution < -0.4 is 10.8 Å². The second-order valence-electron chi connectivity index (χ2n) is 1.32. The zero-order chi connectivity index (χ0) is 6.08. The van der Waals surface area contributed by atoms with Crippen LogP contribution in [0.5, 0.6) is 0 Å². The molecule has 0 aromatic rings. The molecule has 44 valence electrons. The number of nitrogens with two attached hydrogens (primary N) is 1. The molecule has 6 heteroatoms. The first-order chi connectivity index (χ1) is 2.94. The van der Waals surface area contributed by atoms with Crippen LogP contribution in [-0.2, 0) is 0 Å². The molecule has 7 heavy (non-hydrogen) atoms. The zero-order valence-electron chi connectivity index (χ0n) is 3.79. The van der Waals surface area contributed by atoms with Gasteiger partial charge < -0.3 is 17.9 Å². The van der Waals surface area contributed by atoms with Gasteiger partial charge in [-0.05, 0) is 0 Å². The molecule has 0 amide bonds. The van der Waals surface area contributed by atoms with Gasteiger partial charge in [0.1, 0.15) is 0 Å². The minimum atomic E-state index is -4.86. The van der Waals surface area contributed by atoms with Crippen molar-refractivity contribution in [3.05, 3.63) is 0 Å². The van der Waals surface area contributed by atoms with E-state index in [0.717, 1.165) is 7.05 Å². The Labute approximate surface area is 39.1 Å². The Morgan fingerprint density at radius 3 is 1.57 bits per heavy atom.